The fourth-order valence-corrected chi connectivity index (χ4v) is 4.26. The molecule has 1 amide bonds. The molecule has 0 saturated carbocycles. The normalized spacial score (nSPS) is 18.5. The van der Waals surface area contributed by atoms with Crippen LogP contribution in [0.3, 0.4) is 0 Å². The molecule has 0 bridgehead atoms. The molecule has 182 valence electrons. The molecule has 7 heteroatoms. The largest absolute Gasteiger partial charge is 0.493 e. The molecule has 0 radical (unpaired) electrons. The van der Waals surface area contributed by atoms with Crippen LogP contribution in [0.1, 0.15) is 48.3 Å². The van der Waals surface area contributed by atoms with Crippen molar-refractivity contribution in [2.45, 2.75) is 32.2 Å². The van der Waals surface area contributed by atoms with Gasteiger partial charge in [-0.05, 0) is 48.8 Å². The summed E-state index contributed by atoms with van der Waals surface area (Å²) in [5.41, 5.74) is 2.16. The van der Waals surface area contributed by atoms with Crippen LogP contribution in [0.15, 0.2) is 42.5 Å². The summed E-state index contributed by atoms with van der Waals surface area (Å²) in [7, 11) is 6.81. The SMILES string of the molecule is COc1ccc(C(=O)C2C(=O)C(=O)N(CCN(C)C)C2c2ccc(C(C)(C)C)cc2)cc1OC. The topological polar surface area (TPSA) is 76.2 Å². The van der Waals surface area contributed by atoms with E-state index in [2.05, 4.69) is 20.8 Å². The summed E-state index contributed by atoms with van der Waals surface area (Å²) in [6, 6.07) is 12.0. The number of hydrogen-bond acceptors (Lipinski definition) is 6. The molecular formula is C27H34N2O5. The van der Waals surface area contributed by atoms with Crippen LogP contribution in [0, 0.1) is 5.92 Å². The highest BCUT2D eigenvalue weighted by atomic mass is 16.5. The average molecular weight is 467 g/mol. The molecule has 1 heterocycles. The highest BCUT2D eigenvalue weighted by Crippen LogP contribution is 2.39. The number of Topliss-reactive ketones (excluding diaryl/α,β-unsaturated/α-hetero) is 2. The Labute approximate surface area is 201 Å². The molecule has 2 aromatic carbocycles. The van der Waals surface area contributed by atoms with Crippen molar-refractivity contribution in [1.29, 1.82) is 0 Å². The van der Waals surface area contributed by atoms with Gasteiger partial charge in [0.1, 0.15) is 5.92 Å². The molecule has 34 heavy (non-hydrogen) atoms. The van der Waals surface area contributed by atoms with Gasteiger partial charge in [0, 0.05) is 18.7 Å². The van der Waals surface area contributed by atoms with E-state index >= 15 is 0 Å². The van der Waals surface area contributed by atoms with E-state index in [1.54, 1.807) is 18.2 Å². The molecule has 1 aliphatic heterocycles. The molecule has 2 atom stereocenters. The van der Waals surface area contributed by atoms with Crippen molar-refractivity contribution < 1.29 is 23.9 Å². The van der Waals surface area contributed by atoms with Crippen LogP contribution in [0.4, 0.5) is 0 Å². The first kappa shape index (κ1) is 25.4. The van der Waals surface area contributed by atoms with Gasteiger partial charge in [0.25, 0.3) is 5.91 Å². The summed E-state index contributed by atoms with van der Waals surface area (Å²) in [4.78, 5) is 43.4. The second-order valence-corrected chi connectivity index (χ2v) is 9.89. The Morgan fingerprint density at radius 3 is 2.12 bits per heavy atom. The number of rotatable bonds is 8. The molecule has 0 spiro atoms. The lowest BCUT2D eigenvalue weighted by Gasteiger charge is -2.29. The quantitative estimate of drug-likeness (QED) is 0.337. The first-order chi connectivity index (χ1) is 16.0. The zero-order chi connectivity index (χ0) is 25.2. The molecule has 3 rings (SSSR count). The zero-order valence-corrected chi connectivity index (χ0v) is 21.0. The van der Waals surface area contributed by atoms with E-state index in [4.69, 9.17) is 9.47 Å². The average Bonchev–Trinajstić information content (AvgIpc) is 3.06. The second-order valence-electron chi connectivity index (χ2n) is 9.89. The van der Waals surface area contributed by atoms with Crippen LogP contribution in [-0.4, -0.2) is 68.7 Å². The number of likely N-dealkylation sites (N-methyl/N-ethyl adjacent to an activating group) is 1. The van der Waals surface area contributed by atoms with E-state index in [-0.39, 0.29) is 5.41 Å². The Kier molecular flexibility index (Phi) is 7.46. The molecule has 1 saturated heterocycles. The van der Waals surface area contributed by atoms with Gasteiger partial charge in [0.2, 0.25) is 5.78 Å². The molecular weight excluding hydrogens is 432 g/mol. The number of carbonyl (C=O) groups excluding carboxylic acids is 3. The number of nitrogens with zero attached hydrogens (tertiary/aromatic N) is 2. The van der Waals surface area contributed by atoms with Gasteiger partial charge in [-0.15, -0.1) is 0 Å². The molecule has 7 nitrogen and oxygen atoms in total. The number of ether oxygens (including phenoxy) is 2. The maximum Gasteiger partial charge on any atom is 0.291 e. The van der Waals surface area contributed by atoms with Crippen LogP contribution >= 0.6 is 0 Å². The van der Waals surface area contributed by atoms with Crippen molar-refractivity contribution in [3.63, 3.8) is 0 Å². The number of amides is 1. The first-order valence-corrected chi connectivity index (χ1v) is 11.4. The van der Waals surface area contributed by atoms with Crippen molar-refractivity contribution in [1.82, 2.24) is 9.80 Å². The lowest BCUT2D eigenvalue weighted by Crippen LogP contribution is -2.36. The van der Waals surface area contributed by atoms with Crippen molar-refractivity contribution >= 4 is 17.5 Å². The minimum atomic E-state index is -1.13. The molecule has 0 aromatic heterocycles. The molecule has 2 unspecified atom stereocenters. The molecule has 0 N–H and O–H groups in total. The van der Waals surface area contributed by atoms with Crippen molar-refractivity contribution in [3.05, 3.63) is 59.2 Å². The van der Waals surface area contributed by atoms with E-state index in [0.29, 0.717) is 30.2 Å². The fraction of sp³-hybridized carbons (Fsp3) is 0.444. The van der Waals surface area contributed by atoms with E-state index < -0.39 is 29.4 Å². The van der Waals surface area contributed by atoms with Crippen LogP contribution in [0.5, 0.6) is 11.5 Å². The van der Waals surface area contributed by atoms with Crippen LogP contribution in [-0.2, 0) is 15.0 Å². The van der Waals surface area contributed by atoms with Gasteiger partial charge < -0.3 is 19.3 Å². The number of benzene rings is 2. The highest BCUT2D eigenvalue weighted by molar-refractivity contribution is 6.44. The highest BCUT2D eigenvalue weighted by Gasteiger charge is 2.51. The van der Waals surface area contributed by atoms with Gasteiger partial charge in [-0.25, -0.2) is 0 Å². The van der Waals surface area contributed by atoms with Gasteiger partial charge in [0.15, 0.2) is 17.3 Å². The standard InChI is InChI=1S/C27H34N2O5/c1-27(2,3)19-11-8-17(9-12-19)23-22(25(31)26(32)29(23)15-14-28(4)5)24(30)18-10-13-20(33-6)21(16-18)34-7/h8-13,16,22-23H,14-15H2,1-7H3. The maximum atomic E-state index is 13.7. The van der Waals surface area contributed by atoms with Crippen molar-refractivity contribution in [2.75, 3.05) is 41.4 Å². The lowest BCUT2D eigenvalue weighted by atomic mass is 9.83. The maximum absolute atomic E-state index is 13.7. The monoisotopic (exact) mass is 466 g/mol. The summed E-state index contributed by atoms with van der Waals surface area (Å²) >= 11 is 0. The third-order valence-corrected chi connectivity index (χ3v) is 6.26. The Hall–Kier alpha value is -3.19. The third-order valence-electron chi connectivity index (χ3n) is 6.26. The van der Waals surface area contributed by atoms with Gasteiger partial charge in [-0.2, -0.15) is 0 Å². The Morgan fingerprint density at radius 2 is 1.59 bits per heavy atom. The Balaban J connectivity index is 2.06. The summed E-state index contributed by atoms with van der Waals surface area (Å²) in [5, 5.41) is 0. The van der Waals surface area contributed by atoms with E-state index in [1.165, 1.54) is 19.1 Å². The number of likely N-dealkylation sites (tertiary alicyclic amines) is 1. The number of carbonyl (C=O) groups is 3. The minimum Gasteiger partial charge on any atom is -0.493 e. The van der Waals surface area contributed by atoms with E-state index in [1.807, 2.05) is 43.3 Å². The van der Waals surface area contributed by atoms with Crippen LogP contribution in [0.25, 0.3) is 0 Å². The van der Waals surface area contributed by atoms with Crippen molar-refractivity contribution in [3.8, 4) is 11.5 Å². The summed E-state index contributed by atoms with van der Waals surface area (Å²) in [6.45, 7) is 7.29. The number of methoxy groups -OCH3 is 2. The zero-order valence-electron chi connectivity index (χ0n) is 21.0. The number of hydrogen-bond donors (Lipinski definition) is 0. The lowest BCUT2D eigenvalue weighted by molar-refractivity contribution is -0.140. The van der Waals surface area contributed by atoms with E-state index in [9.17, 15) is 14.4 Å². The van der Waals surface area contributed by atoms with Gasteiger partial charge in [-0.3, -0.25) is 14.4 Å². The van der Waals surface area contributed by atoms with Gasteiger partial charge >= 0.3 is 0 Å². The predicted octanol–water partition coefficient (Wildman–Crippen LogP) is 3.51. The predicted molar refractivity (Wildman–Crippen MR) is 131 cm³/mol. The summed E-state index contributed by atoms with van der Waals surface area (Å²) < 4.78 is 10.6. The van der Waals surface area contributed by atoms with Gasteiger partial charge in [-0.1, -0.05) is 45.0 Å². The van der Waals surface area contributed by atoms with Crippen LogP contribution < -0.4 is 9.47 Å². The first-order valence-electron chi connectivity index (χ1n) is 11.4. The smallest absolute Gasteiger partial charge is 0.291 e. The van der Waals surface area contributed by atoms with Crippen molar-refractivity contribution in [2.24, 2.45) is 5.92 Å². The van der Waals surface area contributed by atoms with Crippen LogP contribution in [0.2, 0.25) is 0 Å². The molecule has 1 fully saturated rings. The second kappa shape index (κ2) is 9.97. The van der Waals surface area contributed by atoms with Gasteiger partial charge in [0.05, 0.1) is 20.3 Å². The number of ketones is 2. The summed E-state index contributed by atoms with van der Waals surface area (Å²) in [6.07, 6.45) is 0. The molecule has 1 aliphatic rings. The molecule has 2 aromatic rings. The Bertz CT molecular complexity index is 1070. The minimum absolute atomic E-state index is 0.0423. The fourth-order valence-electron chi connectivity index (χ4n) is 4.26. The third kappa shape index (κ3) is 4.99. The summed E-state index contributed by atoms with van der Waals surface area (Å²) in [5.74, 6) is -1.96. The molecule has 0 aliphatic carbocycles. The Morgan fingerprint density at radius 1 is 0.971 bits per heavy atom. The van der Waals surface area contributed by atoms with E-state index in [0.717, 1.165) is 11.1 Å².